The summed E-state index contributed by atoms with van der Waals surface area (Å²) in [6.07, 6.45) is 0. The van der Waals surface area contributed by atoms with Gasteiger partial charge in [0.2, 0.25) is 0 Å². The van der Waals surface area contributed by atoms with Crippen molar-refractivity contribution >= 4 is 43.2 Å². The van der Waals surface area contributed by atoms with Crippen LogP contribution in [0.4, 0.5) is 0 Å². The smallest absolute Gasteiger partial charge is 0.160 e. The molecule has 0 bridgehead atoms. The first-order chi connectivity index (χ1) is 22.8. The first-order valence-electron chi connectivity index (χ1n) is 15.4. The molecule has 9 aromatic rings. The fraction of sp³-hybridized carbons (Fsp3) is 0. The van der Waals surface area contributed by atoms with Crippen LogP contribution in [-0.4, -0.2) is 14.5 Å². The van der Waals surface area contributed by atoms with Gasteiger partial charge in [-0.1, -0.05) is 127 Å². The first kappa shape index (κ1) is 26.6. The third kappa shape index (κ3) is 4.50. The molecule has 0 N–H and O–H groups in total. The quantitative estimate of drug-likeness (QED) is 0.195. The molecule has 0 radical (unpaired) electrons. The standard InChI is InChI=1S/C42H27N3S/c1-4-13-28(14-5-1)35-27-36(29-15-6-2-7-16-29)44-42(43-35)32-19-12-20-33(25-32)45-37-22-11-10-21-34(37)40-38(45)24-23-31-26-39(46-41(31)40)30-17-8-3-9-18-30/h1-27H. The van der Waals surface area contributed by atoms with Crippen LogP contribution in [0.2, 0.25) is 0 Å². The molecule has 3 heterocycles. The van der Waals surface area contributed by atoms with Crippen LogP contribution in [0.25, 0.3) is 81.9 Å². The summed E-state index contributed by atoms with van der Waals surface area (Å²) in [6, 6.07) is 57.6. The number of hydrogen-bond donors (Lipinski definition) is 0. The van der Waals surface area contributed by atoms with Crippen LogP contribution in [0, 0.1) is 0 Å². The average molecular weight is 606 g/mol. The van der Waals surface area contributed by atoms with Gasteiger partial charge in [0.1, 0.15) is 0 Å². The maximum atomic E-state index is 5.10. The Morgan fingerprint density at radius 1 is 0.457 bits per heavy atom. The molecular weight excluding hydrogens is 579 g/mol. The molecule has 0 saturated carbocycles. The van der Waals surface area contributed by atoms with Crippen LogP contribution in [0.3, 0.4) is 0 Å². The highest BCUT2D eigenvalue weighted by Gasteiger charge is 2.18. The van der Waals surface area contributed by atoms with Crippen LogP contribution in [0.1, 0.15) is 0 Å². The Bertz CT molecular complexity index is 2460. The van der Waals surface area contributed by atoms with E-state index < -0.39 is 0 Å². The number of aromatic nitrogens is 3. The lowest BCUT2D eigenvalue weighted by molar-refractivity contribution is 1.16. The third-order valence-electron chi connectivity index (χ3n) is 8.61. The SMILES string of the molecule is c1ccc(-c2cc(-c3ccccc3)nc(-c3cccc(-n4c5ccccc5c5c6sc(-c7ccccc7)cc6ccc54)c3)n2)cc1. The predicted octanol–water partition coefficient (Wildman–Crippen LogP) is 11.5. The second-order valence-electron chi connectivity index (χ2n) is 11.5. The number of hydrogen-bond acceptors (Lipinski definition) is 3. The molecule has 46 heavy (non-hydrogen) atoms. The molecule has 0 unspecified atom stereocenters. The molecule has 3 aromatic heterocycles. The zero-order valence-corrected chi connectivity index (χ0v) is 25.7. The molecule has 4 heteroatoms. The highest BCUT2D eigenvalue weighted by atomic mass is 32.1. The van der Waals surface area contributed by atoms with Gasteiger partial charge in [-0.05, 0) is 47.3 Å². The number of rotatable bonds is 5. The van der Waals surface area contributed by atoms with Gasteiger partial charge in [-0.3, -0.25) is 0 Å². The summed E-state index contributed by atoms with van der Waals surface area (Å²) in [5.41, 5.74) is 9.62. The Balaban J connectivity index is 1.24. The van der Waals surface area contributed by atoms with Crippen LogP contribution in [-0.2, 0) is 0 Å². The Hall–Kier alpha value is -5.84. The van der Waals surface area contributed by atoms with Gasteiger partial charge < -0.3 is 4.57 Å². The molecule has 0 aliphatic rings. The van der Waals surface area contributed by atoms with Gasteiger partial charge in [0.15, 0.2) is 5.82 Å². The Kier molecular flexibility index (Phi) is 6.32. The van der Waals surface area contributed by atoms with Crippen molar-refractivity contribution < 1.29 is 0 Å². The lowest BCUT2D eigenvalue weighted by Gasteiger charge is -2.12. The van der Waals surface area contributed by atoms with Gasteiger partial charge in [0.05, 0.1) is 22.4 Å². The molecule has 0 amide bonds. The molecule has 6 aromatic carbocycles. The summed E-state index contributed by atoms with van der Waals surface area (Å²) in [4.78, 5) is 11.5. The number of nitrogens with zero attached hydrogens (tertiary/aromatic N) is 3. The van der Waals surface area contributed by atoms with Crippen molar-refractivity contribution in [3.8, 4) is 50.0 Å². The zero-order valence-electron chi connectivity index (χ0n) is 24.8. The maximum Gasteiger partial charge on any atom is 0.160 e. The fourth-order valence-corrected chi connectivity index (χ4v) is 7.67. The normalized spacial score (nSPS) is 11.5. The second-order valence-corrected chi connectivity index (χ2v) is 12.5. The fourth-order valence-electron chi connectivity index (χ4n) is 6.45. The molecule has 0 saturated heterocycles. The van der Waals surface area contributed by atoms with E-state index in [0.29, 0.717) is 5.82 Å². The minimum absolute atomic E-state index is 0.705. The van der Waals surface area contributed by atoms with Crippen molar-refractivity contribution in [1.29, 1.82) is 0 Å². The van der Waals surface area contributed by atoms with Crippen molar-refractivity contribution in [1.82, 2.24) is 14.5 Å². The van der Waals surface area contributed by atoms with Crippen molar-refractivity contribution in [3.63, 3.8) is 0 Å². The molecule has 0 aliphatic carbocycles. The molecule has 0 spiro atoms. The molecule has 0 fully saturated rings. The van der Waals surface area contributed by atoms with E-state index in [-0.39, 0.29) is 0 Å². The summed E-state index contributed by atoms with van der Waals surface area (Å²) in [7, 11) is 0. The second kappa shape index (κ2) is 11.0. The van der Waals surface area contributed by atoms with Crippen LogP contribution in [0.15, 0.2) is 164 Å². The molecular formula is C42H27N3S. The van der Waals surface area contributed by atoms with Gasteiger partial charge >= 0.3 is 0 Å². The first-order valence-corrected chi connectivity index (χ1v) is 16.2. The van der Waals surface area contributed by atoms with E-state index in [4.69, 9.17) is 9.97 Å². The van der Waals surface area contributed by atoms with Crippen molar-refractivity contribution in [2.45, 2.75) is 0 Å². The lowest BCUT2D eigenvalue weighted by Crippen LogP contribution is -1.98. The van der Waals surface area contributed by atoms with Gasteiger partial charge in [-0.15, -0.1) is 11.3 Å². The number of thiophene rings is 1. The van der Waals surface area contributed by atoms with Gasteiger partial charge in [0, 0.05) is 42.7 Å². The van der Waals surface area contributed by atoms with E-state index in [1.165, 1.54) is 42.3 Å². The Morgan fingerprint density at radius 2 is 1.07 bits per heavy atom. The predicted molar refractivity (Wildman–Crippen MR) is 193 cm³/mol. The maximum absolute atomic E-state index is 5.10. The topological polar surface area (TPSA) is 30.7 Å². The van der Waals surface area contributed by atoms with Gasteiger partial charge in [-0.25, -0.2) is 9.97 Å². The number of fused-ring (bicyclic) bond motifs is 5. The summed E-state index contributed by atoms with van der Waals surface area (Å²) >= 11 is 1.87. The average Bonchev–Trinajstić information content (AvgIpc) is 3.72. The highest BCUT2D eigenvalue weighted by Crippen LogP contribution is 2.43. The number of benzene rings is 6. The van der Waals surface area contributed by atoms with E-state index in [1.54, 1.807) is 0 Å². The van der Waals surface area contributed by atoms with Crippen molar-refractivity contribution in [3.05, 3.63) is 164 Å². The third-order valence-corrected chi connectivity index (χ3v) is 9.82. The molecule has 0 aliphatic heterocycles. The minimum atomic E-state index is 0.705. The Labute approximate surface area is 270 Å². The number of para-hydroxylation sites is 1. The monoisotopic (exact) mass is 605 g/mol. The highest BCUT2D eigenvalue weighted by molar-refractivity contribution is 7.23. The largest absolute Gasteiger partial charge is 0.309 e. The van der Waals surface area contributed by atoms with Crippen molar-refractivity contribution in [2.24, 2.45) is 0 Å². The Morgan fingerprint density at radius 3 is 1.76 bits per heavy atom. The van der Waals surface area contributed by atoms with Crippen molar-refractivity contribution in [2.75, 3.05) is 0 Å². The van der Waals surface area contributed by atoms with E-state index in [1.807, 2.05) is 23.5 Å². The van der Waals surface area contributed by atoms with E-state index in [9.17, 15) is 0 Å². The molecule has 0 atom stereocenters. The summed E-state index contributed by atoms with van der Waals surface area (Å²) in [5.74, 6) is 0.705. The lowest BCUT2D eigenvalue weighted by atomic mass is 10.1. The molecule has 3 nitrogen and oxygen atoms in total. The summed E-state index contributed by atoms with van der Waals surface area (Å²) in [6.45, 7) is 0. The van der Waals surface area contributed by atoms with Gasteiger partial charge in [-0.2, -0.15) is 0 Å². The van der Waals surface area contributed by atoms with Crippen LogP contribution < -0.4 is 0 Å². The van der Waals surface area contributed by atoms with Crippen LogP contribution in [0.5, 0.6) is 0 Å². The zero-order chi connectivity index (χ0) is 30.5. The molecule has 216 valence electrons. The van der Waals surface area contributed by atoms with Crippen LogP contribution >= 0.6 is 11.3 Å². The summed E-state index contributed by atoms with van der Waals surface area (Å²) in [5, 5.41) is 3.82. The summed E-state index contributed by atoms with van der Waals surface area (Å²) < 4.78 is 3.70. The van der Waals surface area contributed by atoms with Gasteiger partial charge in [0.25, 0.3) is 0 Å². The minimum Gasteiger partial charge on any atom is -0.309 e. The van der Waals surface area contributed by atoms with E-state index in [0.717, 1.165) is 33.8 Å². The van der Waals surface area contributed by atoms with E-state index >= 15 is 0 Å². The van der Waals surface area contributed by atoms with E-state index in [2.05, 4.69) is 156 Å². The molecule has 9 rings (SSSR count).